The van der Waals surface area contributed by atoms with Crippen molar-refractivity contribution in [1.82, 2.24) is 0 Å². The van der Waals surface area contributed by atoms with Gasteiger partial charge in [-0.25, -0.2) is 0 Å². The Morgan fingerprint density at radius 3 is 1.73 bits per heavy atom. The summed E-state index contributed by atoms with van der Waals surface area (Å²) in [6, 6.07) is 51.6. The molecule has 1 atom stereocenters. The van der Waals surface area contributed by atoms with Gasteiger partial charge in [-0.3, -0.25) is 0 Å². The standard InChI is InChI=1S/C38H32N2O/c1-28-22-24-31(25-23-28)37-34-26-39(32-18-10-4-11-19-32)27-40(33-20-12-5-13-21-33)36(29-14-6-2-7-15-29)35(34)38(41-37)30-16-8-3-9-17-30/h2-25,36H,26-27H2,1H3. The normalized spacial score (nSPS) is 14.9. The topological polar surface area (TPSA) is 19.6 Å². The summed E-state index contributed by atoms with van der Waals surface area (Å²) in [6.45, 7) is 3.58. The average Bonchev–Trinajstić information content (AvgIpc) is 3.31. The van der Waals surface area contributed by atoms with E-state index in [1.807, 2.05) is 0 Å². The minimum absolute atomic E-state index is 0.0551. The van der Waals surface area contributed by atoms with Crippen LogP contribution in [-0.2, 0) is 6.54 Å². The van der Waals surface area contributed by atoms with Gasteiger partial charge >= 0.3 is 0 Å². The van der Waals surface area contributed by atoms with Crippen LogP contribution < -0.4 is 9.80 Å². The van der Waals surface area contributed by atoms with Crippen LogP contribution in [0.15, 0.2) is 150 Å². The number of para-hydroxylation sites is 2. The molecule has 0 fully saturated rings. The highest BCUT2D eigenvalue weighted by Crippen LogP contribution is 2.48. The first kappa shape index (κ1) is 25.0. The van der Waals surface area contributed by atoms with Gasteiger partial charge in [0.25, 0.3) is 0 Å². The van der Waals surface area contributed by atoms with Gasteiger partial charge in [0.1, 0.15) is 11.5 Å². The highest BCUT2D eigenvalue weighted by Gasteiger charge is 2.37. The lowest BCUT2D eigenvalue weighted by molar-refractivity contribution is 0.582. The van der Waals surface area contributed by atoms with Crippen LogP contribution in [0.3, 0.4) is 0 Å². The number of fused-ring (bicyclic) bond motifs is 1. The molecule has 1 aliphatic heterocycles. The Balaban J connectivity index is 1.55. The molecule has 200 valence electrons. The summed E-state index contributed by atoms with van der Waals surface area (Å²) in [6.07, 6.45) is 0. The number of nitrogens with zero attached hydrogens (tertiary/aromatic N) is 2. The lowest BCUT2D eigenvalue weighted by atomic mass is 9.90. The molecule has 0 spiro atoms. The quantitative estimate of drug-likeness (QED) is 0.220. The van der Waals surface area contributed by atoms with Gasteiger partial charge in [0.05, 0.1) is 12.7 Å². The summed E-state index contributed by atoms with van der Waals surface area (Å²) in [5.74, 6) is 1.87. The molecule has 0 aliphatic carbocycles. The molecule has 0 saturated carbocycles. The third-order valence-electron chi connectivity index (χ3n) is 7.98. The summed E-state index contributed by atoms with van der Waals surface area (Å²) < 4.78 is 7.00. The van der Waals surface area contributed by atoms with Crippen molar-refractivity contribution in [1.29, 1.82) is 0 Å². The fourth-order valence-electron chi connectivity index (χ4n) is 5.97. The Kier molecular flexibility index (Phi) is 6.62. The van der Waals surface area contributed by atoms with E-state index in [9.17, 15) is 0 Å². The van der Waals surface area contributed by atoms with Crippen molar-refractivity contribution in [3.8, 4) is 22.6 Å². The second-order valence-electron chi connectivity index (χ2n) is 10.7. The highest BCUT2D eigenvalue weighted by atomic mass is 16.3. The molecule has 3 nitrogen and oxygen atoms in total. The smallest absolute Gasteiger partial charge is 0.140 e. The molecule has 7 rings (SSSR count). The highest BCUT2D eigenvalue weighted by molar-refractivity contribution is 5.77. The van der Waals surface area contributed by atoms with Crippen LogP contribution >= 0.6 is 0 Å². The van der Waals surface area contributed by atoms with E-state index in [-0.39, 0.29) is 6.04 Å². The molecular formula is C38H32N2O. The van der Waals surface area contributed by atoms with E-state index in [0.29, 0.717) is 0 Å². The molecule has 0 amide bonds. The molecule has 41 heavy (non-hydrogen) atoms. The van der Waals surface area contributed by atoms with Gasteiger partial charge in [0, 0.05) is 40.2 Å². The van der Waals surface area contributed by atoms with Gasteiger partial charge in [0.2, 0.25) is 0 Å². The predicted octanol–water partition coefficient (Wildman–Crippen LogP) is 9.50. The number of furan rings is 1. The zero-order valence-electron chi connectivity index (χ0n) is 23.2. The molecule has 1 unspecified atom stereocenters. The van der Waals surface area contributed by atoms with Crippen molar-refractivity contribution in [2.75, 3.05) is 16.5 Å². The summed E-state index contributed by atoms with van der Waals surface area (Å²) >= 11 is 0. The maximum atomic E-state index is 7.00. The number of hydrogen-bond donors (Lipinski definition) is 0. The van der Waals surface area contributed by atoms with E-state index in [1.54, 1.807) is 0 Å². The zero-order chi connectivity index (χ0) is 27.6. The molecular weight excluding hydrogens is 500 g/mol. The summed E-state index contributed by atoms with van der Waals surface area (Å²) in [5.41, 5.74) is 9.46. The molecule has 0 saturated heterocycles. The van der Waals surface area contributed by atoms with Gasteiger partial charge in [0.15, 0.2) is 0 Å². The second kappa shape index (κ2) is 10.9. The van der Waals surface area contributed by atoms with Crippen LogP contribution in [-0.4, -0.2) is 6.67 Å². The SMILES string of the molecule is Cc1ccc(-c2oc(-c3ccccc3)c3c2CN(c2ccccc2)CN(c2ccccc2)C3c2ccccc2)cc1. The van der Waals surface area contributed by atoms with Gasteiger partial charge in [-0.2, -0.15) is 0 Å². The number of anilines is 2. The van der Waals surface area contributed by atoms with Crippen LogP contribution in [0, 0.1) is 6.92 Å². The Bertz CT molecular complexity index is 1730. The molecule has 1 aliphatic rings. The minimum Gasteiger partial charge on any atom is -0.455 e. The first-order chi connectivity index (χ1) is 20.3. The van der Waals surface area contributed by atoms with Crippen LogP contribution in [0.1, 0.15) is 28.3 Å². The molecule has 0 bridgehead atoms. The maximum absolute atomic E-state index is 7.00. The molecule has 3 heteroatoms. The van der Waals surface area contributed by atoms with E-state index < -0.39 is 0 Å². The van der Waals surface area contributed by atoms with Crippen LogP contribution in [0.4, 0.5) is 11.4 Å². The van der Waals surface area contributed by atoms with Gasteiger partial charge in [-0.05, 0) is 36.8 Å². The summed E-state index contributed by atoms with van der Waals surface area (Å²) in [7, 11) is 0. The van der Waals surface area contributed by atoms with Crippen LogP contribution in [0.25, 0.3) is 22.6 Å². The molecule has 5 aromatic carbocycles. The zero-order valence-corrected chi connectivity index (χ0v) is 23.2. The van der Waals surface area contributed by atoms with Crippen LogP contribution in [0.5, 0.6) is 0 Å². The lowest BCUT2D eigenvalue weighted by Gasteiger charge is -2.36. The minimum atomic E-state index is -0.0551. The van der Waals surface area contributed by atoms with Gasteiger partial charge < -0.3 is 14.2 Å². The van der Waals surface area contributed by atoms with Crippen molar-refractivity contribution in [3.63, 3.8) is 0 Å². The van der Waals surface area contributed by atoms with Crippen molar-refractivity contribution in [3.05, 3.63) is 168 Å². The summed E-state index contributed by atoms with van der Waals surface area (Å²) in [5, 5.41) is 0. The maximum Gasteiger partial charge on any atom is 0.140 e. The number of hydrogen-bond acceptors (Lipinski definition) is 3. The molecule has 6 aromatic rings. The number of aryl methyl sites for hydroxylation is 1. The number of benzene rings is 5. The van der Waals surface area contributed by atoms with Crippen molar-refractivity contribution in [2.24, 2.45) is 0 Å². The molecule has 0 radical (unpaired) electrons. The molecule has 2 heterocycles. The first-order valence-electron chi connectivity index (χ1n) is 14.2. The fraction of sp³-hybridized carbons (Fsp3) is 0.105. The van der Waals surface area contributed by atoms with E-state index in [4.69, 9.17) is 4.42 Å². The Morgan fingerprint density at radius 2 is 1.10 bits per heavy atom. The average molecular weight is 533 g/mol. The fourth-order valence-corrected chi connectivity index (χ4v) is 5.97. The van der Waals surface area contributed by atoms with Crippen molar-refractivity contribution in [2.45, 2.75) is 19.5 Å². The predicted molar refractivity (Wildman–Crippen MR) is 169 cm³/mol. The second-order valence-corrected chi connectivity index (χ2v) is 10.7. The van der Waals surface area contributed by atoms with E-state index in [2.05, 4.69) is 162 Å². The van der Waals surface area contributed by atoms with Gasteiger partial charge in [-0.1, -0.05) is 127 Å². The monoisotopic (exact) mass is 532 g/mol. The third kappa shape index (κ3) is 4.81. The molecule has 0 N–H and O–H groups in total. The number of rotatable bonds is 5. The Morgan fingerprint density at radius 1 is 0.561 bits per heavy atom. The van der Waals surface area contributed by atoms with Crippen molar-refractivity contribution < 1.29 is 4.42 Å². The molecule has 1 aromatic heterocycles. The van der Waals surface area contributed by atoms with Gasteiger partial charge in [-0.15, -0.1) is 0 Å². The van der Waals surface area contributed by atoms with E-state index in [0.717, 1.165) is 35.9 Å². The largest absolute Gasteiger partial charge is 0.455 e. The lowest BCUT2D eigenvalue weighted by Crippen LogP contribution is -2.38. The van der Waals surface area contributed by atoms with Crippen LogP contribution in [0.2, 0.25) is 0 Å². The van der Waals surface area contributed by atoms with E-state index in [1.165, 1.54) is 33.6 Å². The Labute approximate surface area is 241 Å². The Hall–Kier alpha value is -5.02. The van der Waals surface area contributed by atoms with E-state index >= 15 is 0 Å². The van der Waals surface area contributed by atoms with Crippen molar-refractivity contribution >= 4 is 11.4 Å². The first-order valence-corrected chi connectivity index (χ1v) is 14.2. The third-order valence-corrected chi connectivity index (χ3v) is 7.98. The summed E-state index contributed by atoms with van der Waals surface area (Å²) in [4.78, 5) is 4.99.